The molecule has 0 aliphatic heterocycles. The van der Waals surface area contributed by atoms with Crippen LogP contribution in [0, 0.1) is 21.4 Å². The maximum Gasteiger partial charge on any atom is 0.319 e. The first-order valence-corrected chi connectivity index (χ1v) is 5.71. The fourth-order valence-corrected chi connectivity index (χ4v) is 2.27. The van der Waals surface area contributed by atoms with E-state index in [2.05, 4.69) is 0 Å². The smallest absolute Gasteiger partial charge is 0.319 e. The van der Waals surface area contributed by atoms with Crippen LogP contribution in [0.4, 0.5) is 5.69 Å². The van der Waals surface area contributed by atoms with E-state index in [9.17, 15) is 14.9 Å². The van der Waals surface area contributed by atoms with Crippen LogP contribution in [0.2, 0.25) is 0 Å². The van der Waals surface area contributed by atoms with Crippen LogP contribution < -0.4 is 0 Å². The first-order chi connectivity index (χ1) is 8.29. The Morgan fingerprint density at radius 3 is 2.61 bits per heavy atom. The maximum atomic E-state index is 11.0. The third kappa shape index (κ3) is 2.78. The summed E-state index contributed by atoms with van der Waals surface area (Å²) in [6.07, 6.45) is 0. The molecule has 0 amide bonds. The molecule has 1 aromatic rings. The largest absolute Gasteiger partial charge is 0.480 e. The number of para-hydroxylation sites is 1. The summed E-state index contributed by atoms with van der Waals surface area (Å²) in [6, 6.07) is 5.99. The van der Waals surface area contributed by atoms with Gasteiger partial charge in [0.25, 0.3) is 0 Å². The number of thioether (sulfide) groups is 1. The van der Waals surface area contributed by atoms with Gasteiger partial charge in [-0.3, -0.25) is 14.9 Å². The Balaban J connectivity index is 3.31. The van der Waals surface area contributed by atoms with Crippen molar-refractivity contribution in [2.75, 3.05) is 0 Å². The van der Waals surface area contributed by atoms with E-state index in [0.717, 1.165) is 11.8 Å². The predicted octanol–water partition coefficient (Wildman–Crippen LogP) is 2.42. The topological polar surface area (TPSA) is 104 Å². The molecule has 0 heterocycles. The van der Waals surface area contributed by atoms with Gasteiger partial charge in [0, 0.05) is 0 Å². The van der Waals surface area contributed by atoms with Gasteiger partial charge in [-0.1, -0.05) is 6.07 Å². The predicted molar refractivity (Wildman–Crippen MR) is 65.4 cm³/mol. The van der Waals surface area contributed by atoms with Crippen molar-refractivity contribution >= 4 is 23.4 Å². The molecular weight excluding hydrogens is 256 g/mol. The lowest BCUT2D eigenvalue weighted by Crippen LogP contribution is -2.27. The fraction of sp³-hybridized carbons (Fsp3) is 0.273. The SMILES string of the molecule is CC(C)(Sc1cccc(C#N)c1[N+](=O)[O-])C(=O)O. The molecule has 0 unspecified atom stereocenters. The number of nitro groups is 1. The molecule has 1 aromatic carbocycles. The first-order valence-electron chi connectivity index (χ1n) is 4.89. The van der Waals surface area contributed by atoms with Gasteiger partial charge < -0.3 is 5.11 Å². The van der Waals surface area contributed by atoms with E-state index >= 15 is 0 Å². The second kappa shape index (κ2) is 5.06. The van der Waals surface area contributed by atoms with E-state index < -0.39 is 15.6 Å². The Hall–Kier alpha value is -2.07. The van der Waals surface area contributed by atoms with E-state index in [0.29, 0.717) is 0 Å². The average Bonchev–Trinajstić information content (AvgIpc) is 2.27. The number of nitrogens with zero attached hydrogens (tertiary/aromatic N) is 2. The fourth-order valence-electron chi connectivity index (χ4n) is 1.20. The van der Waals surface area contributed by atoms with E-state index in [1.54, 1.807) is 6.07 Å². The monoisotopic (exact) mass is 266 g/mol. The van der Waals surface area contributed by atoms with Crippen LogP contribution in [-0.4, -0.2) is 20.7 Å². The number of aliphatic carboxylic acids is 1. The number of carbonyl (C=O) groups is 1. The quantitative estimate of drug-likeness (QED) is 0.509. The molecule has 0 radical (unpaired) electrons. The van der Waals surface area contributed by atoms with Crippen LogP contribution >= 0.6 is 11.8 Å². The summed E-state index contributed by atoms with van der Waals surface area (Å²) in [7, 11) is 0. The van der Waals surface area contributed by atoms with Crippen molar-refractivity contribution in [2.45, 2.75) is 23.5 Å². The van der Waals surface area contributed by atoms with Crippen molar-refractivity contribution in [1.82, 2.24) is 0 Å². The van der Waals surface area contributed by atoms with Crippen LogP contribution in [0.15, 0.2) is 23.1 Å². The molecule has 0 saturated carbocycles. The van der Waals surface area contributed by atoms with E-state index in [4.69, 9.17) is 10.4 Å². The number of hydrogen-bond donors (Lipinski definition) is 1. The van der Waals surface area contributed by atoms with Crippen LogP contribution in [0.25, 0.3) is 0 Å². The molecule has 0 aliphatic rings. The number of benzene rings is 1. The third-order valence-corrected chi connectivity index (χ3v) is 3.42. The van der Waals surface area contributed by atoms with Gasteiger partial charge in [0.2, 0.25) is 0 Å². The molecule has 0 aromatic heterocycles. The van der Waals surface area contributed by atoms with Gasteiger partial charge in [-0.2, -0.15) is 5.26 Å². The Morgan fingerprint density at radius 1 is 1.56 bits per heavy atom. The summed E-state index contributed by atoms with van der Waals surface area (Å²) in [5.74, 6) is -1.08. The number of carboxylic acids is 1. The van der Waals surface area contributed by atoms with Crippen molar-refractivity contribution in [3.05, 3.63) is 33.9 Å². The summed E-state index contributed by atoms with van der Waals surface area (Å²) >= 11 is 0.846. The Labute approximate surface area is 107 Å². The Bertz CT molecular complexity index is 548. The van der Waals surface area contributed by atoms with Gasteiger partial charge in [0.05, 0.1) is 9.82 Å². The zero-order chi connectivity index (χ0) is 13.9. The highest BCUT2D eigenvalue weighted by Gasteiger charge is 2.32. The van der Waals surface area contributed by atoms with Crippen LogP contribution in [0.5, 0.6) is 0 Å². The highest BCUT2D eigenvalue weighted by molar-refractivity contribution is 8.01. The summed E-state index contributed by atoms with van der Waals surface area (Å²) < 4.78 is -1.21. The molecule has 0 saturated heterocycles. The number of nitriles is 1. The van der Waals surface area contributed by atoms with Gasteiger partial charge in [-0.25, -0.2) is 0 Å². The molecule has 0 bridgehead atoms. The summed E-state index contributed by atoms with van der Waals surface area (Å²) in [6.45, 7) is 2.89. The molecular formula is C11H10N2O4S. The first kappa shape index (κ1) is 14.0. The third-order valence-electron chi connectivity index (χ3n) is 2.18. The molecule has 0 spiro atoms. The number of nitro benzene ring substituents is 1. The molecule has 0 atom stereocenters. The minimum absolute atomic E-state index is 0.0776. The molecule has 1 N–H and O–H groups in total. The molecule has 94 valence electrons. The van der Waals surface area contributed by atoms with Gasteiger partial charge in [-0.15, -0.1) is 11.8 Å². The van der Waals surface area contributed by atoms with Crippen LogP contribution in [-0.2, 0) is 4.79 Å². The lowest BCUT2D eigenvalue weighted by Gasteiger charge is -2.18. The van der Waals surface area contributed by atoms with Gasteiger partial charge >= 0.3 is 11.7 Å². The van der Waals surface area contributed by atoms with E-state index in [-0.39, 0.29) is 16.1 Å². The molecule has 6 nitrogen and oxygen atoms in total. The highest BCUT2D eigenvalue weighted by atomic mass is 32.2. The molecule has 18 heavy (non-hydrogen) atoms. The Kier molecular flexibility index (Phi) is 3.93. The summed E-state index contributed by atoms with van der Waals surface area (Å²) in [5.41, 5.74) is -0.425. The maximum absolute atomic E-state index is 11.0. The van der Waals surface area contributed by atoms with Crippen LogP contribution in [0.1, 0.15) is 19.4 Å². The minimum Gasteiger partial charge on any atom is -0.480 e. The number of rotatable bonds is 4. The highest BCUT2D eigenvalue weighted by Crippen LogP contribution is 2.39. The molecule has 0 fully saturated rings. The zero-order valence-electron chi connectivity index (χ0n) is 9.71. The van der Waals surface area contributed by atoms with Gasteiger partial charge in [0.15, 0.2) is 0 Å². The molecule has 0 aliphatic carbocycles. The van der Waals surface area contributed by atoms with Crippen molar-refractivity contribution in [3.8, 4) is 6.07 Å². The summed E-state index contributed by atoms with van der Waals surface area (Å²) in [4.78, 5) is 21.5. The normalized spacial score (nSPS) is 10.7. The van der Waals surface area contributed by atoms with Gasteiger partial charge in [-0.05, 0) is 26.0 Å². The summed E-state index contributed by atoms with van der Waals surface area (Å²) in [5, 5.41) is 28.8. The standard InChI is InChI=1S/C11H10N2O4S/c1-11(2,10(14)15)18-8-5-3-4-7(6-12)9(8)13(16)17/h3-5H,1-2H3,(H,14,15). The molecule has 7 heteroatoms. The number of hydrogen-bond acceptors (Lipinski definition) is 5. The van der Waals surface area contributed by atoms with Crippen molar-refractivity contribution in [1.29, 1.82) is 5.26 Å². The molecule has 1 rings (SSSR count). The number of carboxylic acid groups (broad SMARTS) is 1. The lowest BCUT2D eigenvalue weighted by atomic mass is 10.2. The van der Waals surface area contributed by atoms with E-state index in [1.807, 2.05) is 0 Å². The van der Waals surface area contributed by atoms with Crippen molar-refractivity contribution in [2.24, 2.45) is 0 Å². The average molecular weight is 266 g/mol. The van der Waals surface area contributed by atoms with Gasteiger partial charge in [0.1, 0.15) is 16.4 Å². The van der Waals surface area contributed by atoms with Crippen molar-refractivity contribution in [3.63, 3.8) is 0 Å². The van der Waals surface area contributed by atoms with Crippen molar-refractivity contribution < 1.29 is 14.8 Å². The van der Waals surface area contributed by atoms with E-state index in [1.165, 1.54) is 32.0 Å². The minimum atomic E-state index is -1.21. The second-order valence-electron chi connectivity index (χ2n) is 3.94. The zero-order valence-corrected chi connectivity index (χ0v) is 10.5. The second-order valence-corrected chi connectivity index (χ2v) is 5.60. The Morgan fingerprint density at radius 2 is 2.17 bits per heavy atom. The van der Waals surface area contributed by atoms with Crippen LogP contribution in [0.3, 0.4) is 0 Å². The lowest BCUT2D eigenvalue weighted by molar-refractivity contribution is -0.388.